The van der Waals surface area contributed by atoms with Crippen LogP contribution in [0.2, 0.25) is 5.02 Å². The van der Waals surface area contributed by atoms with Gasteiger partial charge in [0.2, 0.25) is 0 Å². The smallest absolute Gasteiger partial charge is 0.126 e. The van der Waals surface area contributed by atoms with Crippen LogP contribution in [0, 0.1) is 0 Å². The number of nitrogens with one attached hydrogen (secondary N) is 1. The largest absolute Gasteiger partial charge is 0.395 e. The summed E-state index contributed by atoms with van der Waals surface area (Å²) in [5, 5.41) is 13.1. The molecule has 0 aromatic carbocycles. The molecule has 5 heteroatoms. The molecule has 2 N–H and O–H groups in total. The van der Waals surface area contributed by atoms with Crippen LogP contribution in [0.25, 0.3) is 0 Å². The van der Waals surface area contributed by atoms with Crippen LogP contribution in [0.15, 0.2) is 12.1 Å². The van der Waals surface area contributed by atoms with Crippen LogP contribution in [0.5, 0.6) is 0 Å². The average Bonchev–Trinajstić information content (AvgIpc) is 2.44. The lowest BCUT2D eigenvalue weighted by molar-refractivity contribution is 0.135. The monoisotopic (exact) mass is 299 g/mol. The second-order valence-corrected chi connectivity index (χ2v) is 5.23. The molecule has 1 heterocycles. The zero-order valence-corrected chi connectivity index (χ0v) is 13.5. The van der Waals surface area contributed by atoms with Crippen LogP contribution in [-0.2, 0) is 6.54 Å². The molecule has 0 aliphatic heterocycles. The Morgan fingerprint density at radius 2 is 2.00 bits per heavy atom. The molecular weight excluding hydrogens is 274 g/mol. The maximum atomic E-state index is 9.26. The van der Waals surface area contributed by atoms with E-state index in [1.54, 1.807) is 0 Å². The zero-order valence-electron chi connectivity index (χ0n) is 12.7. The molecule has 4 nitrogen and oxygen atoms in total. The van der Waals surface area contributed by atoms with Crippen LogP contribution in [0.1, 0.15) is 39.3 Å². The van der Waals surface area contributed by atoms with Crippen molar-refractivity contribution in [3.05, 3.63) is 22.8 Å². The van der Waals surface area contributed by atoms with E-state index < -0.39 is 0 Å². The molecule has 0 fully saturated rings. The number of nitrogens with zero attached hydrogens (tertiary/aromatic N) is 2. The Morgan fingerprint density at radius 1 is 1.30 bits per heavy atom. The number of anilines is 1. The van der Waals surface area contributed by atoms with E-state index in [4.69, 9.17) is 11.6 Å². The number of rotatable bonds is 9. The zero-order chi connectivity index (χ0) is 15.0. The Morgan fingerprint density at radius 3 is 2.55 bits per heavy atom. The Bertz CT molecular complexity index is 397. The lowest BCUT2D eigenvalue weighted by Crippen LogP contribution is -2.36. The molecule has 0 spiro atoms. The fourth-order valence-electron chi connectivity index (χ4n) is 2.39. The Hall–Kier alpha value is -0.840. The van der Waals surface area contributed by atoms with Crippen molar-refractivity contribution < 1.29 is 5.11 Å². The molecule has 20 heavy (non-hydrogen) atoms. The molecule has 0 bridgehead atoms. The Balaban J connectivity index is 2.88. The molecule has 0 atom stereocenters. The van der Waals surface area contributed by atoms with E-state index in [0.29, 0.717) is 24.2 Å². The van der Waals surface area contributed by atoms with Crippen molar-refractivity contribution in [2.45, 2.75) is 46.2 Å². The van der Waals surface area contributed by atoms with Crippen molar-refractivity contribution in [3.8, 4) is 0 Å². The SMILES string of the molecule is CCNc1ccc(Cl)c(CN(CCO)C(CC)CC)n1. The fraction of sp³-hybridized carbons (Fsp3) is 0.667. The number of aliphatic hydroxyl groups is 1. The molecule has 1 aromatic rings. The number of hydrogen-bond acceptors (Lipinski definition) is 4. The summed E-state index contributed by atoms with van der Waals surface area (Å²) in [5.74, 6) is 0.848. The Labute approximate surface area is 127 Å². The number of hydrogen-bond donors (Lipinski definition) is 2. The first-order valence-electron chi connectivity index (χ1n) is 7.40. The first kappa shape index (κ1) is 17.2. The van der Waals surface area contributed by atoms with E-state index >= 15 is 0 Å². The maximum Gasteiger partial charge on any atom is 0.126 e. The van der Waals surface area contributed by atoms with Gasteiger partial charge in [0.05, 0.1) is 17.3 Å². The van der Waals surface area contributed by atoms with E-state index in [-0.39, 0.29) is 6.61 Å². The van der Waals surface area contributed by atoms with Gasteiger partial charge < -0.3 is 10.4 Å². The van der Waals surface area contributed by atoms with Crippen molar-refractivity contribution in [2.75, 3.05) is 25.0 Å². The summed E-state index contributed by atoms with van der Waals surface area (Å²) in [6, 6.07) is 4.22. The van der Waals surface area contributed by atoms with Crippen LogP contribution >= 0.6 is 11.6 Å². The fourth-order valence-corrected chi connectivity index (χ4v) is 2.56. The van der Waals surface area contributed by atoms with Crippen molar-refractivity contribution >= 4 is 17.4 Å². The predicted octanol–water partition coefficient (Wildman–Crippen LogP) is 3.15. The molecular formula is C15H26ClN3O. The van der Waals surface area contributed by atoms with Crippen LogP contribution < -0.4 is 5.32 Å². The minimum atomic E-state index is 0.154. The van der Waals surface area contributed by atoms with Gasteiger partial charge in [-0.2, -0.15) is 0 Å². The molecule has 1 aromatic heterocycles. The molecule has 0 aliphatic carbocycles. The topological polar surface area (TPSA) is 48.4 Å². The third-order valence-electron chi connectivity index (χ3n) is 3.48. The number of pyridine rings is 1. The highest BCUT2D eigenvalue weighted by atomic mass is 35.5. The van der Waals surface area contributed by atoms with Gasteiger partial charge in [-0.05, 0) is 31.9 Å². The van der Waals surface area contributed by atoms with Crippen LogP contribution in [0.3, 0.4) is 0 Å². The maximum absolute atomic E-state index is 9.26. The third-order valence-corrected chi connectivity index (χ3v) is 3.82. The van der Waals surface area contributed by atoms with E-state index in [9.17, 15) is 5.11 Å². The van der Waals surface area contributed by atoms with Crippen molar-refractivity contribution in [1.29, 1.82) is 0 Å². The number of aliphatic hydroxyl groups excluding tert-OH is 1. The average molecular weight is 300 g/mol. The molecule has 0 amide bonds. The van der Waals surface area contributed by atoms with Gasteiger partial charge in [-0.25, -0.2) is 4.98 Å². The normalized spacial score (nSPS) is 11.3. The standard InChI is InChI=1S/C15H26ClN3O/c1-4-12(5-2)19(9-10-20)11-14-13(16)7-8-15(18-14)17-6-3/h7-8,12,20H,4-6,9-11H2,1-3H3,(H,17,18). The van der Waals surface area contributed by atoms with E-state index in [1.807, 2.05) is 19.1 Å². The molecule has 0 aliphatic rings. The van der Waals surface area contributed by atoms with Gasteiger partial charge in [-0.1, -0.05) is 25.4 Å². The summed E-state index contributed by atoms with van der Waals surface area (Å²) < 4.78 is 0. The van der Waals surface area contributed by atoms with Gasteiger partial charge in [0.15, 0.2) is 0 Å². The summed E-state index contributed by atoms with van der Waals surface area (Å²) in [6.45, 7) is 8.69. The van der Waals surface area contributed by atoms with Crippen LogP contribution in [-0.4, -0.2) is 40.7 Å². The molecule has 1 rings (SSSR count). The minimum absolute atomic E-state index is 0.154. The summed E-state index contributed by atoms with van der Waals surface area (Å²) in [6.07, 6.45) is 2.11. The van der Waals surface area contributed by atoms with Gasteiger partial charge in [0.25, 0.3) is 0 Å². The summed E-state index contributed by atoms with van der Waals surface area (Å²) in [5.41, 5.74) is 0.866. The second-order valence-electron chi connectivity index (χ2n) is 4.82. The summed E-state index contributed by atoms with van der Waals surface area (Å²) >= 11 is 6.25. The first-order chi connectivity index (χ1) is 9.65. The van der Waals surface area contributed by atoms with Gasteiger partial charge in [-0.3, -0.25) is 4.90 Å². The molecule has 0 unspecified atom stereocenters. The van der Waals surface area contributed by atoms with E-state index in [2.05, 4.69) is 29.0 Å². The van der Waals surface area contributed by atoms with Crippen molar-refractivity contribution in [2.24, 2.45) is 0 Å². The summed E-state index contributed by atoms with van der Waals surface area (Å²) in [7, 11) is 0. The lowest BCUT2D eigenvalue weighted by Gasteiger charge is -2.29. The molecule has 114 valence electrons. The quantitative estimate of drug-likeness (QED) is 0.735. The van der Waals surface area contributed by atoms with Gasteiger partial charge in [-0.15, -0.1) is 0 Å². The number of halogens is 1. The first-order valence-corrected chi connectivity index (χ1v) is 7.78. The van der Waals surface area contributed by atoms with Gasteiger partial charge in [0, 0.05) is 25.7 Å². The highest BCUT2D eigenvalue weighted by molar-refractivity contribution is 6.31. The van der Waals surface area contributed by atoms with E-state index in [1.165, 1.54) is 0 Å². The summed E-state index contributed by atoms with van der Waals surface area (Å²) in [4.78, 5) is 6.82. The predicted molar refractivity (Wildman–Crippen MR) is 85.3 cm³/mol. The number of aromatic nitrogens is 1. The van der Waals surface area contributed by atoms with Gasteiger partial charge >= 0.3 is 0 Å². The second kappa shape index (κ2) is 9.16. The van der Waals surface area contributed by atoms with E-state index in [0.717, 1.165) is 30.9 Å². The molecule has 0 radical (unpaired) electrons. The highest BCUT2D eigenvalue weighted by Crippen LogP contribution is 2.20. The minimum Gasteiger partial charge on any atom is -0.395 e. The van der Waals surface area contributed by atoms with Crippen molar-refractivity contribution in [3.63, 3.8) is 0 Å². The molecule has 0 saturated heterocycles. The molecule has 0 saturated carbocycles. The highest BCUT2D eigenvalue weighted by Gasteiger charge is 2.17. The van der Waals surface area contributed by atoms with Crippen molar-refractivity contribution in [1.82, 2.24) is 9.88 Å². The van der Waals surface area contributed by atoms with Gasteiger partial charge in [0.1, 0.15) is 5.82 Å². The van der Waals surface area contributed by atoms with Crippen LogP contribution in [0.4, 0.5) is 5.82 Å². The lowest BCUT2D eigenvalue weighted by atomic mass is 10.1. The Kier molecular flexibility index (Phi) is 7.88. The third kappa shape index (κ3) is 4.93.